The van der Waals surface area contributed by atoms with Gasteiger partial charge in [0, 0.05) is 6.61 Å². The average molecular weight is 160 g/mol. The predicted molar refractivity (Wildman–Crippen MR) is 46.6 cm³/mol. The molecule has 2 heteroatoms. The maximum absolute atomic E-state index is 8.46. The Morgan fingerprint density at radius 2 is 2.09 bits per heavy atom. The largest absolute Gasteiger partial charge is 0.394 e. The van der Waals surface area contributed by atoms with Crippen LogP contribution in [0, 0.1) is 5.92 Å². The van der Waals surface area contributed by atoms with E-state index in [1.54, 1.807) is 0 Å². The molecule has 0 aromatic carbocycles. The molecule has 1 N–H and O–H groups in total. The number of aliphatic hydroxyl groups is 1. The van der Waals surface area contributed by atoms with Crippen LogP contribution in [0.4, 0.5) is 0 Å². The summed E-state index contributed by atoms with van der Waals surface area (Å²) in [6, 6.07) is 0. The second-order valence-corrected chi connectivity index (χ2v) is 2.86. The molecule has 0 aromatic rings. The molecular weight excluding hydrogens is 140 g/mol. The molecule has 0 radical (unpaired) electrons. The van der Waals surface area contributed by atoms with Gasteiger partial charge in [-0.1, -0.05) is 26.7 Å². The van der Waals surface area contributed by atoms with Gasteiger partial charge in [-0.3, -0.25) is 0 Å². The highest BCUT2D eigenvalue weighted by molar-refractivity contribution is 4.54. The summed E-state index contributed by atoms with van der Waals surface area (Å²) >= 11 is 0. The molecule has 0 heterocycles. The van der Waals surface area contributed by atoms with Crippen LogP contribution in [0.2, 0.25) is 0 Å². The normalized spacial score (nSPS) is 13.4. The summed E-state index contributed by atoms with van der Waals surface area (Å²) in [5.41, 5.74) is 0. The lowest BCUT2D eigenvalue weighted by molar-refractivity contribution is 0.0644. The highest BCUT2D eigenvalue weighted by Gasteiger charge is 2.03. The van der Waals surface area contributed by atoms with Crippen molar-refractivity contribution in [2.75, 3.05) is 19.8 Å². The Bertz CT molecular complexity index is 74.0. The first-order chi connectivity index (χ1) is 5.35. The maximum atomic E-state index is 8.46. The molecule has 2 nitrogen and oxygen atoms in total. The maximum Gasteiger partial charge on any atom is 0.0697 e. The molecule has 1 unspecified atom stereocenters. The molecule has 11 heavy (non-hydrogen) atoms. The molecular formula is C9H20O2. The van der Waals surface area contributed by atoms with Crippen molar-refractivity contribution in [3.8, 4) is 0 Å². The molecule has 1 atom stereocenters. The van der Waals surface area contributed by atoms with E-state index in [-0.39, 0.29) is 6.61 Å². The number of hydrogen-bond donors (Lipinski definition) is 1. The molecule has 0 spiro atoms. The molecule has 0 aliphatic carbocycles. The van der Waals surface area contributed by atoms with Crippen LogP contribution in [-0.4, -0.2) is 24.9 Å². The molecule has 68 valence electrons. The Hall–Kier alpha value is -0.0800. The van der Waals surface area contributed by atoms with Gasteiger partial charge in [-0.25, -0.2) is 0 Å². The number of aliphatic hydroxyl groups excluding tert-OH is 1. The van der Waals surface area contributed by atoms with Crippen molar-refractivity contribution in [1.29, 1.82) is 0 Å². The highest BCUT2D eigenvalue weighted by atomic mass is 16.5. The summed E-state index contributed by atoms with van der Waals surface area (Å²) in [6.07, 6.45) is 3.64. The molecule has 0 aliphatic rings. The summed E-state index contributed by atoms with van der Waals surface area (Å²) in [5.74, 6) is 0.687. The molecule has 0 saturated heterocycles. The van der Waals surface area contributed by atoms with E-state index in [1.165, 1.54) is 19.3 Å². The fraction of sp³-hybridized carbons (Fsp3) is 1.00. The van der Waals surface area contributed by atoms with Crippen LogP contribution in [0.3, 0.4) is 0 Å². The van der Waals surface area contributed by atoms with Crippen molar-refractivity contribution in [3.63, 3.8) is 0 Å². The van der Waals surface area contributed by atoms with Gasteiger partial charge in [-0.05, 0) is 12.3 Å². The van der Waals surface area contributed by atoms with Gasteiger partial charge >= 0.3 is 0 Å². The molecule has 0 rings (SSSR count). The van der Waals surface area contributed by atoms with Crippen LogP contribution in [-0.2, 0) is 4.74 Å². The fourth-order valence-electron chi connectivity index (χ4n) is 1.13. The molecule has 0 fully saturated rings. The second kappa shape index (κ2) is 8.02. The van der Waals surface area contributed by atoms with Gasteiger partial charge in [0.2, 0.25) is 0 Å². The van der Waals surface area contributed by atoms with E-state index >= 15 is 0 Å². The predicted octanol–water partition coefficient (Wildman–Crippen LogP) is 1.82. The lowest BCUT2D eigenvalue weighted by atomic mass is 10.0. The molecule has 0 bridgehead atoms. The molecule has 0 saturated carbocycles. The van der Waals surface area contributed by atoms with Crippen molar-refractivity contribution in [2.24, 2.45) is 5.92 Å². The van der Waals surface area contributed by atoms with Crippen molar-refractivity contribution >= 4 is 0 Å². The van der Waals surface area contributed by atoms with Crippen LogP contribution >= 0.6 is 0 Å². The van der Waals surface area contributed by atoms with Crippen LogP contribution in [0.1, 0.15) is 33.1 Å². The van der Waals surface area contributed by atoms with E-state index in [2.05, 4.69) is 13.8 Å². The van der Waals surface area contributed by atoms with Crippen molar-refractivity contribution < 1.29 is 9.84 Å². The Kier molecular flexibility index (Phi) is 7.96. The zero-order valence-electron chi connectivity index (χ0n) is 7.68. The zero-order valence-corrected chi connectivity index (χ0v) is 7.68. The van der Waals surface area contributed by atoms with E-state index in [0.29, 0.717) is 12.5 Å². The van der Waals surface area contributed by atoms with Crippen molar-refractivity contribution in [3.05, 3.63) is 0 Å². The first-order valence-corrected chi connectivity index (χ1v) is 4.53. The third-order valence-corrected chi connectivity index (χ3v) is 1.86. The van der Waals surface area contributed by atoms with E-state index < -0.39 is 0 Å². The zero-order chi connectivity index (χ0) is 8.53. The Morgan fingerprint density at radius 1 is 1.36 bits per heavy atom. The smallest absolute Gasteiger partial charge is 0.0697 e. The summed E-state index contributed by atoms with van der Waals surface area (Å²) in [4.78, 5) is 0. The van der Waals surface area contributed by atoms with Crippen molar-refractivity contribution in [2.45, 2.75) is 33.1 Å². The molecule has 0 aromatic heterocycles. The van der Waals surface area contributed by atoms with Gasteiger partial charge in [0.25, 0.3) is 0 Å². The highest BCUT2D eigenvalue weighted by Crippen LogP contribution is 2.10. The van der Waals surface area contributed by atoms with Gasteiger partial charge in [0.05, 0.1) is 13.2 Å². The van der Waals surface area contributed by atoms with Crippen LogP contribution in [0.15, 0.2) is 0 Å². The number of hydrogen-bond acceptors (Lipinski definition) is 2. The molecule has 0 amide bonds. The average Bonchev–Trinajstić information content (AvgIpc) is 2.03. The standard InChI is InChI=1S/C9H20O2/c1-3-5-9(4-2)8-11-7-6-10/h9-10H,3-8H2,1-2H3. The number of ether oxygens (including phenoxy) is 1. The van der Waals surface area contributed by atoms with E-state index in [1.807, 2.05) is 0 Å². The quantitative estimate of drug-likeness (QED) is 0.576. The van der Waals surface area contributed by atoms with Crippen LogP contribution < -0.4 is 0 Å². The van der Waals surface area contributed by atoms with Gasteiger partial charge in [-0.15, -0.1) is 0 Å². The lowest BCUT2D eigenvalue weighted by Crippen LogP contribution is -2.10. The van der Waals surface area contributed by atoms with E-state index in [4.69, 9.17) is 9.84 Å². The summed E-state index contributed by atoms with van der Waals surface area (Å²) in [5, 5.41) is 8.46. The van der Waals surface area contributed by atoms with E-state index in [9.17, 15) is 0 Å². The third kappa shape index (κ3) is 6.32. The lowest BCUT2D eigenvalue weighted by Gasteiger charge is -2.12. The summed E-state index contributed by atoms with van der Waals surface area (Å²) in [7, 11) is 0. The first-order valence-electron chi connectivity index (χ1n) is 4.53. The third-order valence-electron chi connectivity index (χ3n) is 1.86. The van der Waals surface area contributed by atoms with Crippen LogP contribution in [0.5, 0.6) is 0 Å². The summed E-state index contributed by atoms with van der Waals surface area (Å²) < 4.78 is 5.24. The Balaban J connectivity index is 3.20. The van der Waals surface area contributed by atoms with E-state index in [0.717, 1.165) is 6.61 Å². The van der Waals surface area contributed by atoms with Gasteiger partial charge < -0.3 is 9.84 Å². The number of rotatable bonds is 7. The Morgan fingerprint density at radius 3 is 2.55 bits per heavy atom. The van der Waals surface area contributed by atoms with Gasteiger partial charge in [-0.2, -0.15) is 0 Å². The fourth-order valence-corrected chi connectivity index (χ4v) is 1.13. The summed E-state index contributed by atoms with van der Waals surface area (Å²) in [6.45, 7) is 5.81. The minimum atomic E-state index is 0.141. The van der Waals surface area contributed by atoms with Crippen LogP contribution in [0.25, 0.3) is 0 Å². The monoisotopic (exact) mass is 160 g/mol. The van der Waals surface area contributed by atoms with Gasteiger partial charge in [0.1, 0.15) is 0 Å². The molecule has 0 aliphatic heterocycles. The topological polar surface area (TPSA) is 29.5 Å². The SMILES string of the molecule is CCCC(CC)COCCO. The Labute approximate surface area is 69.6 Å². The minimum absolute atomic E-state index is 0.141. The first kappa shape index (κ1) is 10.9. The van der Waals surface area contributed by atoms with Gasteiger partial charge in [0.15, 0.2) is 0 Å². The minimum Gasteiger partial charge on any atom is -0.394 e. The second-order valence-electron chi connectivity index (χ2n) is 2.86. The van der Waals surface area contributed by atoms with Crippen molar-refractivity contribution in [1.82, 2.24) is 0 Å².